The van der Waals surface area contributed by atoms with Crippen LogP contribution in [0.4, 0.5) is 42.1 Å². The minimum Gasteiger partial charge on any atom is -0.496 e. The van der Waals surface area contributed by atoms with E-state index in [1.807, 2.05) is 0 Å². The molecule has 1 aromatic heterocycles. The minimum atomic E-state index is -5.06. The zero-order valence-electron chi connectivity index (χ0n) is 23.8. The number of anilines is 2. The van der Waals surface area contributed by atoms with Gasteiger partial charge < -0.3 is 25.8 Å². The fourth-order valence-electron chi connectivity index (χ4n) is 4.30. The van der Waals surface area contributed by atoms with E-state index in [2.05, 4.69) is 16.0 Å². The molecule has 0 aliphatic carbocycles. The highest BCUT2D eigenvalue weighted by Crippen LogP contribution is 2.41. The Balaban J connectivity index is 1.73. The Kier molecular flexibility index (Phi) is 9.47. The van der Waals surface area contributed by atoms with Gasteiger partial charge in [-0.05, 0) is 61.9 Å². The molecule has 15 heteroatoms. The molecule has 0 saturated carbocycles. The van der Waals surface area contributed by atoms with Crippen LogP contribution >= 0.6 is 11.3 Å². The number of ether oxygens (including phenoxy) is 1. The van der Waals surface area contributed by atoms with E-state index in [1.165, 1.54) is 19.2 Å². The molecule has 3 aromatic carbocycles. The number of halogens is 7. The Morgan fingerprint density at radius 1 is 0.889 bits per heavy atom. The zero-order valence-corrected chi connectivity index (χ0v) is 24.7. The first-order valence-electron chi connectivity index (χ1n) is 13.1. The summed E-state index contributed by atoms with van der Waals surface area (Å²) >= 11 is 0.570. The second-order valence-electron chi connectivity index (χ2n) is 10.6. The van der Waals surface area contributed by atoms with Crippen LogP contribution in [-0.2, 0) is 18.9 Å². The van der Waals surface area contributed by atoms with E-state index >= 15 is 0 Å². The van der Waals surface area contributed by atoms with Gasteiger partial charge in [0.05, 0.1) is 35.1 Å². The topological polar surface area (TPSA) is 99.7 Å². The zero-order chi connectivity index (χ0) is 33.3. The van der Waals surface area contributed by atoms with Crippen molar-refractivity contribution < 1.29 is 50.2 Å². The molecule has 240 valence electrons. The maximum absolute atomic E-state index is 13.8. The largest absolute Gasteiger partial charge is 0.496 e. The number of thiophene rings is 1. The molecule has 4 N–H and O–H groups in total. The first kappa shape index (κ1) is 33.7. The fourth-order valence-corrected chi connectivity index (χ4v) is 5.39. The second-order valence-corrected chi connectivity index (χ2v) is 11.6. The van der Waals surface area contributed by atoms with Gasteiger partial charge in [-0.3, -0.25) is 9.59 Å². The maximum Gasteiger partial charge on any atom is 0.419 e. The number of nitrogens with one attached hydrogen (secondary N) is 3. The van der Waals surface area contributed by atoms with Crippen LogP contribution in [0.5, 0.6) is 5.75 Å². The van der Waals surface area contributed by atoms with Gasteiger partial charge in [0.25, 0.3) is 11.8 Å². The van der Waals surface area contributed by atoms with Crippen LogP contribution in [0, 0.1) is 5.82 Å². The van der Waals surface area contributed by atoms with E-state index in [0.29, 0.717) is 29.0 Å². The molecule has 4 aromatic rings. The van der Waals surface area contributed by atoms with Gasteiger partial charge in [0, 0.05) is 28.9 Å². The summed E-state index contributed by atoms with van der Waals surface area (Å²) in [5.41, 5.74) is -3.68. The smallest absolute Gasteiger partial charge is 0.419 e. The molecule has 45 heavy (non-hydrogen) atoms. The monoisotopic (exact) mass is 657 g/mol. The molecular formula is C30H26F7N3O4S. The number of amides is 2. The third-order valence-electron chi connectivity index (χ3n) is 6.39. The van der Waals surface area contributed by atoms with Crippen molar-refractivity contribution in [3.05, 3.63) is 87.5 Å². The van der Waals surface area contributed by atoms with E-state index in [-0.39, 0.29) is 45.1 Å². The number of hydrogen-bond acceptors (Lipinski definition) is 6. The molecule has 1 heterocycles. The number of fused-ring (bicyclic) bond motifs is 1. The summed E-state index contributed by atoms with van der Waals surface area (Å²) in [5.74, 6) is -3.29. The minimum absolute atomic E-state index is 0.00559. The summed E-state index contributed by atoms with van der Waals surface area (Å²) in [6.07, 6.45) is -9.79. The van der Waals surface area contributed by atoms with E-state index in [9.17, 15) is 45.4 Å². The number of hydrogen-bond donors (Lipinski definition) is 4. The summed E-state index contributed by atoms with van der Waals surface area (Å²) in [5, 5.41) is 17.8. The summed E-state index contributed by atoms with van der Waals surface area (Å²) in [6.45, 7) is 3.70. The van der Waals surface area contributed by atoms with Crippen molar-refractivity contribution in [3.63, 3.8) is 0 Å². The number of carbonyl (C=O) groups is 2. The van der Waals surface area contributed by atoms with Crippen molar-refractivity contribution in [2.45, 2.75) is 38.3 Å². The van der Waals surface area contributed by atoms with Crippen molar-refractivity contribution in [2.24, 2.45) is 0 Å². The Morgan fingerprint density at radius 3 is 2.22 bits per heavy atom. The highest BCUT2D eigenvalue weighted by atomic mass is 32.1. The van der Waals surface area contributed by atoms with Gasteiger partial charge in [-0.15, -0.1) is 11.3 Å². The van der Waals surface area contributed by atoms with Crippen LogP contribution in [0.25, 0.3) is 10.1 Å². The highest BCUT2D eigenvalue weighted by Gasteiger charge is 2.35. The number of carbonyl (C=O) groups excluding carboxylic acids is 2. The van der Waals surface area contributed by atoms with Crippen LogP contribution in [0.2, 0.25) is 0 Å². The van der Waals surface area contributed by atoms with Crippen molar-refractivity contribution in [2.75, 3.05) is 24.3 Å². The Labute approximate surface area is 256 Å². The van der Waals surface area contributed by atoms with Crippen molar-refractivity contribution in [3.8, 4) is 5.75 Å². The lowest BCUT2D eigenvalue weighted by Gasteiger charge is -2.18. The van der Waals surface area contributed by atoms with Gasteiger partial charge >= 0.3 is 12.4 Å². The van der Waals surface area contributed by atoms with E-state index in [0.717, 1.165) is 24.3 Å². The van der Waals surface area contributed by atoms with Crippen LogP contribution < -0.4 is 20.7 Å². The lowest BCUT2D eigenvalue weighted by atomic mass is 10.1. The molecule has 0 atom stereocenters. The Morgan fingerprint density at radius 2 is 1.60 bits per heavy atom. The molecule has 0 unspecified atom stereocenters. The predicted molar refractivity (Wildman–Crippen MR) is 155 cm³/mol. The van der Waals surface area contributed by atoms with Gasteiger partial charge in [0.15, 0.2) is 0 Å². The molecule has 0 bridgehead atoms. The Bertz CT molecular complexity index is 1740. The molecule has 0 aliphatic heterocycles. The molecule has 0 spiro atoms. The van der Waals surface area contributed by atoms with E-state index < -0.39 is 52.4 Å². The number of methoxy groups -OCH3 is 1. The second kappa shape index (κ2) is 12.7. The van der Waals surface area contributed by atoms with Gasteiger partial charge in [-0.2, -0.15) is 26.3 Å². The van der Waals surface area contributed by atoms with Gasteiger partial charge in [0.2, 0.25) is 0 Å². The van der Waals surface area contributed by atoms with Crippen molar-refractivity contribution in [1.82, 2.24) is 5.32 Å². The molecule has 2 amide bonds. The molecule has 4 rings (SSSR count). The van der Waals surface area contributed by atoms with Gasteiger partial charge in [0.1, 0.15) is 16.4 Å². The lowest BCUT2D eigenvalue weighted by molar-refractivity contribution is -0.140. The average molecular weight is 658 g/mol. The third-order valence-corrected chi connectivity index (χ3v) is 7.54. The quantitative estimate of drug-likeness (QED) is 0.140. The molecule has 7 nitrogen and oxygen atoms in total. The summed E-state index contributed by atoms with van der Waals surface area (Å²) in [4.78, 5) is 26.5. The molecule has 0 saturated heterocycles. The number of rotatable bonds is 9. The number of alkyl halides is 6. The summed E-state index contributed by atoms with van der Waals surface area (Å²) < 4.78 is 99.0. The summed E-state index contributed by atoms with van der Waals surface area (Å²) in [6, 6.07) is 9.05. The van der Waals surface area contributed by atoms with Crippen molar-refractivity contribution >= 4 is 44.6 Å². The normalized spacial score (nSPS) is 12.3. The standard InChI is InChI=1S/C30H26F7N3O4S/c1-28(2,43)14-38-13-15-4-9-22(44-3)19(10-15)26(41)40-24-18-7-5-16(29(32,33)34)11-23(18)45-25(24)27(42)39-17-6-8-21(31)20(12-17)30(35,36)37/h4-12,38,43H,13-14H2,1-3H3,(H,39,42)(H,40,41). The molecule has 0 aliphatic rings. The van der Waals surface area contributed by atoms with Crippen LogP contribution in [-0.4, -0.2) is 36.2 Å². The average Bonchev–Trinajstić information content (AvgIpc) is 3.30. The predicted octanol–water partition coefficient (Wildman–Crippen LogP) is 7.45. The van der Waals surface area contributed by atoms with Crippen LogP contribution in [0.15, 0.2) is 54.6 Å². The third kappa shape index (κ3) is 8.09. The van der Waals surface area contributed by atoms with E-state index in [1.54, 1.807) is 19.9 Å². The highest BCUT2D eigenvalue weighted by molar-refractivity contribution is 7.21. The Hall–Kier alpha value is -4.21. The van der Waals surface area contributed by atoms with Gasteiger partial charge in [-0.25, -0.2) is 4.39 Å². The summed E-state index contributed by atoms with van der Waals surface area (Å²) in [7, 11) is 1.31. The molecule has 0 radical (unpaired) electrons. The van der Waals surface area contributed by atoms with Crippen molar-refractivity contribution in [1.29, 1.82) is 0 Å². The number of benzene rings is 3. The molecular weight excluding hydrogens is 631 g/mol. The fraction of sp³-hybridized carbons (Fsp3) is 0.267. The first-order valence-corrected chi connectivity index (χ1v) is 13.9. The SMILES string of the molecule is COc1ccc(CNCC(C)(C)O)cc1C(=O)Nc1c(C(=O)Nc2ccc(F)c(C(F)(F)F)c2)sc2cc(C(F)(F)F)ccc12. The van der Waals surface area contributed by atoms with Gasteiger partial charge in [-0.1, -0.05) is 12.1 Å². The maximum atomic E-state index is 13.8. The molecule has 0 fully saturated rings. The lowest BCUT2D eigenvalue weighted by Crippen LogP contribution is -2.34. The van der Waals surface area contributed by atoms with Crippen LogP contribution in [0.3, 0.4) is 0 Å². The first-order chi connectivity index (χ1) is 20.9. The van der Waals surface area contributed by atoms with E-state index in [4.69, 9.17) is 4.74 Å². The number of aliphatic hydroxyl groups is 1. The van der Waals surface area contributed by atoms with Crippen LogP contribution in [0.1, 0.15) is 50.6 Å².